The Hall–Kier alpha value is -1.58. The van der Waals surface area contributed by atoms with Crippen LogP contribution < -0.4 is 0 Å². The van der Waals surface area contributed by atoms with Gasteiger partial charge in [0, 0.05) is 11.6 Å². The van der Waals surface area contributed by atoms with Crippen molar-refractivity contribution in [3.8, 4) is 0 Å². The highest BCUT2D eigenvalue weighted by atomic mass is 16.5. The molecule has 0 atom stereocenters. The van der Waals surface area contributed by atoms with E-state index < -0.39 is 5.97 Å². The summed E-state index contributed by atoms with van der Waals surface area (Å²) in [7, 11) is 0. The molecule has 0 aromatic heterocycles. The van der Waals surface area contributed by atoms with Crippen LogP contribution in [0.4, 0.5) is 0 Å². The van der Waals surface area contributed by atoms with Crippen LogP contribution >= 0.6 is 0 Å². The first-order valence-electron chi connectivity index (χ1n) is 9.23. The Bertz CT molecular complexity index is 427. The van der Waals surface area contributed by atoms with E-state index in [4.69, 9.17) is 9.84 Å². The minimum Gasteiger partial charge on any atom is -0.478 e. The summed E-state index contributed by atoms with van der Waals surface area (Å²) in [6.45, 7) is 5.62. The molecule has 24 heavy (non-hydrogen) atoms. The van der Waals surface area contributed by atoms with Crippen molar-refractivity contribution in [3.05, 3.63) is 24.3 Å². The second-order valence-electron chi connectivity index (χ2n) is 6.89. The van der Waals surface area contributed by atoms with Gasteiger partial charge < -0.3 is 9.84 Å². The number of rotatable bonds is 5. The maximum atomic E-state index is 10.7. The summed E-state index contributed by atoms with van der Waals surface area (Å²) in [6.07, 6.45) is 15.7. The van der Waals surface area contributed by atoms with Gasteiger partial charge in [-0.25, -0.2) is 9.59 Å². The van der Waals surface area contributed by atoms with Gasteiger partial charge in [-0.05, 0) is 44.4 Å². The molecule has 1 N–H and O–H groups in total. The molecule has 2 saturated carbocycles. The van der Waals surface area contributed by atoms with E-state index in [0.717, 1.165) is 0 Å². The van der Waals surface area contributed by atoms with E-state index in [1.807, 2.05) is 6.08 Å². The van der Waals surface area contributed by atoms with Gasteiger partial charge in [-0.2, -0.15) is 0 Å². The number of carbonyl (C=O) groups is 2. The molecule has 0 radical (unpaired) electrons. The van der Waals surface area contributed by atoms with Crippen LogP contribution in [-0.2, 0) is 14.3 Å². The van der Waals surface area contributed by atoms with E-state index in [0.29, 0.717) is 24.0 Å². The van der Waals surface area contributed by atoms with Crippen LogP contribution in [0.25, 0.3) is 0 Å². The zero-order chi connectivity index (χ0) is 17.8. The number of carboxylic acids is 1. The Morgan fingerprint density at radius 1 is 1.04 bits per heavy atom. The van der Waals surface area contributed by atoms with E-state index in [1.54, 1.807) is 6.92 Å². The molecule has 0 aliphatic heterocycles. The number of aliphatic carboxylic acids is 1. The third-order valence-corrected chi connectivity index (χ3v) is 4.83. The van der Waals surface area contributed by atoms with Crippen LogP contribution in [0, 0.1) is 11.8 Å². The van der Waals surface area contributed by atoms with Gasteiger partial charge in [-0.15, -0.1) is 0 Å². The zero-order valence-electron chi connectivity index (χ0n) is 15.0. The molecule has 0 bridgehead atoms. The molecular formula is C20H32O4. The SMILES string of the molecule is C/C(=C\C1CCCCC1)C(=O)O.C=CC(=O)OCC1CCCCC1. The summed E-state index contributed by atoms with van der Waals surface area (Å²) in [4.78, 5) is 21.2. The molecule has 2 aliphatic carbocycles. The highest BCUT2D eigenvalue weighted by Crippen LogP contribution is 2.25. The Labute approximate surface area is 146 Å². The van der Waals surface area contributed by atoms with E-state index >= 15 is 0 Å². The van der Waals surface area contributed by atoms with E-state index in [-0.39, 0.29) is 5.97 Å². The van der Waals surface area contributed by atoms with Crippen molar-refractivity contribution in [2.24, 2.45) is 11.8 Å². The van der Waals surface area contributed by atoms with Gasteiger partial charge in [-0.3, -0.25) is 0 Å². The second-order valence-corrected chi connectivity index (χ2v) is 6.89. The van der Waals surface area contributed by atoms with Crippen molar-refractivity contribution < 1.29 is 19.4 Å². The molecule has 0 heterocycles. The van der Waals surface area contributed by atoms with Crippen molar-refractivity contribution in [2.45, 2.75) is 71.1 Å². The maximum Gasteiger partial charge on any atom is 0.330 e. The molecule has 2 rings (SSSR count). The molecule has 136 valence electrons. The van der Waals surface area contributed by atoms with Gasteiger partial charge in [0.05, 0.1) is 6.61 Å². The van der Waals surface area contributed by atoms with Gasteiger partial charge in [0.2, 0.25) is 0 Å². The summed E-state index contributed by atoms with van der Waals surface area (Å²) in [5.41, 5.74) is 0.502. The number of carbonyl (C=O) groups excluding carboxylic acids is 1. The lowest BCUT2D eigenvalue weighted by molar-refractivity contribution is -0.139. The van der Waals surface area contributed by atoms with Gasteiger partial charge in [0.1, 0.15) is 0 Å². The monoisotopic (exact) mass is 336 g/mol. The Morgan fingerprint density at radius 3 is 2.08 bits per heavy atom. The smallest absolute Gasteiger partial charge is 0.330 e. The van der Waals surface area contributed by atoms with Gasteiger partial charge in [0.25, 0.3) is 0 Å². The minimum atomic E-state index is -0.777. The van der Waals surface area contributed by atoms with E-state index in [1.165, 1.54) is 70.3 Å². The number of ether oxygens (including phenoxy) is 1. The number of esters is 1. The summed E-state index contributed by atoms with van der Waals surface area (Å²) in [5, 5.41) is 8.64. The molecule has 0 saturated heterocycles. The van der Waals surface area contributed by atoms with Crippen molar-refractivity contribution >= 4 is 11.9 Å². The lowest BCUT2D eigenvalue weighted by Crippen LogP contribution is -2.15. The van der Waals surface area contributed by atoms with Crippen molar-refractivity contribution in [1.82, 2.24) is 0 Å². The third kappa shape index (κ3) is 8.90. The molecular weight excluding hydrogens is 304 g/mol. The number of allylic oxidation sites excluding steroid dienone is 1. The predicted molar refractivity (Wildman–Crippen MR) is 95.7 cm³/mol. The van der Waals surface area contributed by atoms with E-state index in [9.17, 15) is 9.59 Å². The fourth-order valence-electron chi connectivity index (χ4n) is 3.34. The topological polar surface area (TPSA) is 63.6 Å². The molecule has 2 fully saturated rings. The van der Waals surface area contributed by atoms with Crippen LogP contribution in [0.15, 0.2) is 24.3 Å². The predicted octanol–water partition coefficient (Wildman–Crippen LogP) is 4.89. The molecule has 0 aromatic rings. The van der Waals surface area contributed by atoms with Gasteiger partial charge in [-0.1, -0.05) is 51.2 Å². The first-order valence-corrected chi connectivity index (χ1v) is 9.23. The lowest BCUT2D eigenvalue weighted by atomic mass is 9.88. The lowest BCUT2D eigenvalue weighted by Gasteiger charge is -2.20. The third-order valence-electron chi connectivity index (χ3n) is 4.83. The molecule has 4 heteroatoms. The van der Waals surface area contributed by atoms with Crippen LogP contribution in [-0.4, -0.2) is 23.7 Å². The van der Waals surface area contributed by atoms with Crippen LogP contribution in [0.1, 0.15) is 71.1 Å². The van der Waals surface area contributed by atoms with Gasteiger partial charge >= 0.3 is 11.9 Å². The zero-order valence-corrected chi connectivity index (χ0v) is 15.0. The largest absolute Gasteiger partial charge is 0.478 e. The standard InChI is InChI=1S/2C10H16O2/c1-8(10(11)12)7-9-5-3-2-4-6-9;1-2-10(11)12-8-9-6-4-3-5-7-9/h7,9H,2-6H2,1H3,(H,11,12);2,9H,1,3-8H2/b8-7+;. The van der Waals surface area contributed by atoms with Gasteiger partial charge in [0.15, 0.2) is 0 Å². The van der Waals surface area contributed by atoms with Crippen molar-refractivity contribution in [3.63, 3.8) is 0 Å². The first-order chi connectivity index (χ1) is 11.5. The summed E-state index contributed by atoms with van der Waals surface area (Å²) in [5.74, 6) is 0.0543. The minimum absolute atomic E-state index is 0.291. The quantitative estimate of drug-likeness (QED) is 0.573. The summed E-state index contributed by atoms with van der Waals surface area (Å²) >= 11 is 0. The van der Waals surface area contributed by atoms with Crippen LogP contribution in [0.2, 0.25) is 0 Å². The average Bonchev–Trinajstić information content (AvgIpc) is 2.62. The average molecular weight is 336 g/mol. The normalized spacial score (nSPS) is 19.8. The highest BCUT2D eigenvalue weighted by molar-refractivity contribution is 5.85. The van der Waals surface area contributed by atoms with Crippen LogP contribution in [0.5, 0.6) is 0 Å². The summed E-state index contributed by atoms with van der Waals surface area (Å²) in [6, 6.07) is 0. The Morgan fingerprint density at radius 2 is 1.58 bits per heavy atom. The molecule has 4 nitrogen and oxygen atoms in total. The molecule has 0 spiro atoms. The number of carboxylic acid groups (broad SMARTS) is 1. The van der Waals surface area contributed by atoms with E-state index in [2.05, 4.69) is 6.58 Å². The number of hydrogen-bond acceptors (Lipinski definition) is 3. The molecule has 0 aromatic carbocycles. The molecule has 0 unspecified atom stereocenters. The molecule has 0 amide bonds. The second kappa shape index (κ2) is 11.9. The fraction of sp³-hybridized carbons (Fsp3) is 0.700. The van der Waals surface area contributed by atoms with Crippen molar-refractivity contribution in [1.29, 1.82) is 0 Å². The number of hydrogen-bond donors (Lipinski definition) is 1. The molecule has 2 aliphatic rings. The van der Waals surface area contributed by atoms with Crippen LogP contribution in [0.3, 0.4) is 0 Å². The fourth-order valence-corrected chi connectivity index (χ4v) is 3.34. The van der Waals surface area contributed by atoms with Crippen molar-refractivity contribution in [2.75, 3.05) is 6.61 Å². The first kappa shape index (κ1) is 20.5. The highest BCUT2D eigenvalue weighted by Gasteiger charge is 2.14. The Balaban J connectivity index is 0.000000240. The maximum absolute atomic E-state index is 10.7. The summed E-state index contributed by atoms with van der Waals surface area (Å²) < 4.78 is 4.97. The Kier molecular flexibility index (Phi) is 10.1.